The molecule has 0 aromatic heterocycles. The molecule has 1 aliphatic heterocycles. The van der Waals surface area contributed by atoms with Gasteiger partial charge in [0.25, 0.3) is 0 Å². The van der Waals surface area contributed by atoms with Gasteiger partial charge in [-0.15, -0.1) is 6.58 Å². The van der Waals surface area contributed by atoms with E-state index in [1.165, 1.54) is 4.31 Å². The van der Waals surface area contributed by atoms with Gasteiger partial charge >= 0.3 is 0 Å². The summed E-state index contributed by atoms with van der Waals surface area (Å²) in [5, 5.41) is 13.0. The molecular formula is C18H28N2O3S. The summed E-state index contributed by atoms with van der Waals surface area (Å²) < 4.78 is 27.0. The average molecular weight is 353 g/mol. The van der Waals surface area contributed by atoms with Crippen molar-refractivity contribution in [2.24, 2.45) is 0 Å². The molecule has 1 heterocycles. The third kappa shape index (κ3) is 4.82. The Morgan fingerprint density at radius 2 is 2.12 bits per heavy atom. The molecule has 0 radical (unpaired) electrons. The molecule has 0 spiro atoms. The van der Waals surface area contributed by atoms with Crippen molar-refractivity contribution in [2.75, 3.05) is 18.4 Å². The molecule has 1 atom stereocenters. The molecule has 2 N–H and O–H groups in total. The number of anilines is 1. The van der Waals surface area contributed by atoms with Crippen LogP contribution in [-0.4, -0.2) is 43.1 Å². The van der Waals surface area contributed by atoms with Crippen molar-refractivity contribution >= 4 is 15.7 Å². The molecule has 5 nitrogen and oxygen atoms in total. The molecule has 0 aliphatic carbocycles. The molecule has 6 heteroatoms. The van der Waals surface area contributed by atoms with E-state index < -0.39 is 10.0 Å². The molecule has 0 unspecified atom stereocenters. The first-order chi connectivity index (χ1) is 11.5. The normalized spacial score (nSPS) is 18.2. The highest BCUT2D eigenvalue weighted by atomic mass is 32.2. The van der Waals surface area contributed by atoms with Crippen molar-refractivity contribution in [1.29, 1.82) is 0 Å². The zero-order valence-corrected chi connectivity index (χ0v) is 15.1. The van der Waals surface area contributed by atoms with Crippen LogP contribution in [0.2, 0.25) is 0 Å². The Balaban J connectivity index is 2.12. The Hall–Kier alpha value is -1.37. The number of allylic oxidation sites excluding steroid dienone is 1. The van der Waals surface area contributed by atoms with Gasteiger partial charge in [-0.25, -0.2) is 8.42 Å². The first kappa shape index (κ1) is 19.0. The predicted molar refractivity (Wildman–Crippen MR) is 97.6 cm³/mol. The number of hydrogen-bond donors (Lipinski definition) is 2. The van der Waals surface area contributed by atoms with Crippen LogP contribution in [-0.2, 0) is 10.0 Å². The highest BCUT2D eigenvalue weighted by molar-refractivity contribution is 7.89. The number of piperidine rings is 1. The number of sulfonamides is 1. The van der Waals surface area contributed by atoms with Crippen molar-refractivity contribution in [1.82, 2.24) is 4.31 Å². The lowest BCUT2D eigenvalue weighted by molar-refractivity contribution is 0.113. The molecule has 0 amide bonds. The predicted octanol–water partition coefficient (Wildman–Crippen LogP) is 2.99. The Morgan fingerprint density at radius 1 is 1.42 bits per heavy atom. The van der Waals surface area contributed by atoms with E-state index in [4.69, 9.17) is 0 Å². The quantitative estimate of drug-likeness (QED) is 0.706. The number of nitrogens with zero attached hydrogens (tertiary/aromatic N) is 1. The van der Waals surface area contributed by atoms with Gasteiger partial charge in [0.1, 0.15) is 0 Å². The van der Waals surface area contributed by atoms with Crippen LogP contribution >= 0.6 is 0 Å². The minimum Gasteiger partial charge on any atom is -0.393 e. The molecule has 1 aromatic rings. The Bertz CT molecular complexity index is 637. The summed E-state index contributed by atoms with van der Waals surface area (Å²) >= 11 is 0. The largest absolute Gasteiger partial charge is 0.393 e. The van der Waals surface area contributed by atoms with Crippen LogP contribution in [0.25, 0.3) is 0 Å². The molecule has 2 rings (SSSR count). The van der Waals surface area contributed by atoms with Crippen molar-refractivity contribution in [3.05, 3.63) is 36.9 Å². The SMILES string of the molecule is C=CCC[C@@H](CC)Nc1cccc(S(=O)(=O)N2CCC(O)CC2)c1. The molecule has 1 aromatic carbocycles. The van der Waals surface area contributed by atoms with Gasteiger partial charge in [-0.1, -0.05) is 19.1 Å². The van der Waals surface area contributed by atoms with Crippen LogP contribution in [0.15, 0.2) is 41.8 Å². The summed E-state index contributed by atoms with van der Waals surface area (Å²) in [7, 11) is -3.50. The first-order valence-electron chi connectivity index (χ1n) is 8.63. The third-order valence-electron chi connectivity index (χ3n) is 4.48. The second-order valence-corrected chi connectivity index (χ2v) is 8.22. The van der Waals surface area contributed by atoms with Crippen molar-refractivity contribution in [2.45, 2.75) is 56.1 Å². The lowest BCUT2D eigenvalue weighted by Crippen LogP contribution is -2.40. The van der Waals surface area contributed by atoms with Crippen LogP contribution < -0.4 is 5.32 Å². The fourth-order valence-corrected chi connectivity index (χ4v) is 4.43. The van der Waals surface area contributed by atoms with Crippen LogP contribution in [0.1, 0.15) is 39.0 Å². The first-order valence-corrected chi connectivity index (χ1v) is 10.1. The van der Waals surface area contributed by atoms with Gasteiger partial charge in [-0.3, -0.25) is 0 Å². The van der Waals surface area contributed by atoms with E-state index in [9.17, 15) is 13.5 Å². The maximum absolute atomic E-state index is 12.8. The van der Waals surface area contributed by atoms with E-state index in [1.807, 2.05) is 12.1 Å². The number of rotatable bonds is 8. The van der Waals surface area contributed by atoms with E-state index >= 15 is 0 Å². The second-order valence-electron chi connectivity index (χ2n) is 6.28. The standard InChI is InChI=1S/C18H28N2O3S/c1-3-5-7-15(4-2)19-16-8-6-9-18(14-16)24(22,23)20-12-10-17(21)11-13-20/h3,6,8-9,14-15,17,19,21H,1,4-5,7,10-13H2,2H3/t15-/m1/s1. The molecular weight excluding hydrogens is 324 g/mol. The summed E-state index contributed by atoms with van der Waals surface area (Å²) in [6.07, 6.45) is 5.37. The maximum Gasteiger partial charge on any atom is 0.243 e. The Labute approximate surface area is 145 Å². The summed E-state index contributed by atoms with van der Waals surface area (Å²) in [5.74, 6) is 0. The fraction of sp³-hybridized carbons (Fsp3) is 0.556. The van der Waals surface area contributed by atoms with Crippen molar-refractivity contribution in [3.63, 3.8) is 0 Å². The van der Waals surface area contributed by atoms with E-state index in [0.717, 1.165) is 24.9 Å². The Morgan fingerprint density at radius 3 is 2.75 bits per heavy atom. The molecule has 1 aliphatic rings. The van der Waals surface area contributed by atoms with Gasteiger partial charge in [0.15, 0.2) is 0 Å². The van der Waals surface area contributed by atoms with Crippen LogP contribution in [0.3, 0.4) is 0 Å². The van der Waals surface area contributed by atoms with Gasteiger partial charge in [-0.05, 0) is 50.3 Å². The lowest BCUT2D eigenvalue weighted by Gasteiger charge is -2.29. The van der Waals surface area contributed by atoms with E-state index in [-0.39, 0.29) is 6.10 Å². The number of nitrogens with one attached hydrogen (secondary N) is 1. The maximum atomic E-state index is 12.8. The molecule has 0 bridgehead atoms. The molecule has 0 saturated carbocycles. The number of benzene rings is 1. The second kappa shape index (κ2) is 8.65. The van der Waals surface area contributed by atoms with Crippen molar-refractivity contribution < 1.29 is 13.5 Å². The molecule has 1 saturated heterocycles. The topological polar surface area (TPSA) is 69.6 Å². The van der Waals surface area contributed by atoms with Gasteiger partial charge in [0.05, 0.1) is 11.0 Å². The van der Waals surface area contributed by atoms with Gasteiger partial charge in [-0.2, -0.15) is 4.31 Å². The van der Waals surface area contributed by atoms with E-state index in [1.54, 1.807) is 18.2 Å². The van der Waals surface area contributed by atoms with Crippen molar-refractivity contribution in [3.8, 4) is 0 Å². The lowest BCUT2D eigenvalue weighted by atomic mass is 10.1. The molecule has 134 valence electrons. The summed E-state index contributed by atoms with van der Waals surface area (Å²) in [6.45, 7) is 6.60. The zero-order valence-electron chi connectivity index (χ0n) is 14.3. The number of aliphatic hydroxyl groups excluding tert-OH is 1. The van der Waals surface area contributed by atoms with E-state index in [0.29, 0.717) is 36.9 Å². The summed E-state index contributed by atoms with van der Waals surface area (Å²) in [5.41, 5.74) is 0.823. The Kier molecular flexibility index (Phi) is 6.83. The zero-order chi connectivity index (χ0) is 17.6. The highest BCUT2D eigenvalue weighted by Gasteiger charge is 2.28. The average Bonchev–Trinajstić information content (AvgIpc) is 2.59. The van der Waals surface area contributed by atoms with Crippen LogP contribution in [0.5, 0.6) is 0 Å². The van der Waals surface area contributed by atoms with Gasteiger partial charge < -0.3 is 10.4 Å². The monoisotopic (exact) mass is 352 g/mol. The molecule has 24 heavy (non-hydrogen) atoms. The van der Waals surface area contributed by atoms with Crippen LogP contribution in [0, 0.1) is 0 Å². The smallest absolute Gasteiger partial charge is 0.243 e. The minimum absolute atomic E-state index is 0.297. The number of aliphatic hydroxyl groups is 1. The highest BCUT2D eigenvalue weighted by Crippen LogP contribution is 2.24. The third-order valence-corrected chi connectivity index (χ3v) is 6.37. The van der Waals surface area contributed by atoms with Crippen LogP contribution in [0.4, 0.5) is 5.69 Å². The summed E-state index contributed by atoms with van der Waals surface area (Å²) in [4.78, 5) is 0.308. The summed E-state index contributed by atoms with van der Waals surface area (Å²) in [6, 6.07) is 7.31. The van der Waals surface area contributed by atoms with E-state index in [2.05, 4.69) is 18.8 Å². The molecule has 1 fully saturated rings. The number of hydrogen-bond acceptors (Lipinski definition) is 4. The van der Waals surface area contributed by atoms with Gasteiger partial charge in [0, 0.05) is 24.8 Å². The minimum atomic E-state index is -3.50. The van der Waals surface area contributed by atoms with Gasteiger partial charge in [0.2, 0.25) is 10.0 Å². The fourth-order valence-electron chi connectivity index (χ4n) is 2.91.